The summed E-state index contributed by atoms with van der Waals surface area (Å²) in [6.45, 7) is 3.55. The fourth-order valence-electron chi connectivity index (χ4n) is 3.92. The molecule has 4 rings (SSSR count). The van der Waals surface area contributed by atoms with Crippen LogP contribution in [-0.2, 0) is 23.5 Å². The Kier molecular flexibility index (Phi) is 5.84. The molecular weight excluding hydrogens is 422 g/mol. The molecule has 0 radical (unpaired) electrons. The standard InChI is InChI=1S/C25H25N3O3S/c1-4-32(30,31)27-25(29)22-12-8-11-19(26-22)16-21-20-14-13-17(2)15-23(20)28(3)24(21)18-9-6-5-7-10-18/h5-15H,4,16H2,1-3H3,(H,27,29). The second kappa shape index (κ2) is 8.59. The monoisotopic (exact) mass is 447 g/mol. The summed E-state index contributed by atoms with van der Waals surface area (Å²) in [7, 11) is -1.60. The van der Waals surface area contributed by atoms with Crippen molar-refractivity contribution < 1.29 is 13.2 Å². The molecular formula is C25H25N3O3S. The topological polar surface area (TPSA) is 81.1 Å². The van der Waals surface area contributed by atoms with Crippen LogP contribution >= 0.6 is 0 Å². The van der Waals surface area contributed by atoms with Crippen LogP contribution in [0.5, 0.6) is 0 Å². The SMILES string of the molecule is CCS(=O)(=O)NC(=O)c1cccc(Cc2c(-c3ccccc3)n(C)c3cc(C)ccc23)n1. The van der Waals surface area contributed by atoms with Crippen LogP contribution in [0.25, 0.3) is 22.2 Å². The molecule has 164 valence electrons. The Bertz CT molecular complexity index is 1410. The Labute approximate surface area is 188 Å². The molecule has 6 nitrogen and oxygen atoms in total. The van der Waals surface area contributed by atoms with Gasteiger partial charge in [0.1, 0.15) is 5.69 Å². The number of rotatable bonds is 6. The summed E-state index contributed by atoms with van der Waals surface area (Å²) >= 11 is 0. The van der Waals surface area contributed by atoms with E-state index in [1.54, 1.807) is 6.07 Å². The minimum Gasteiger partial charge on any atom is -0.343 e. The van der Waals surface area contributed by atoms with Gasteiger partial charge in [0.05, 0.1) is 11.4 Å². The first kappa shape index (κ1) is 21.8. The molecule has 0 saturated heterocycles. The molecule has 32 heavy (non-hydrogen) atoms. The van der Waals surface area contributed by atoms with Crippen LogP contribution in [0.2, 0.25) is 0 Å². The number of hydrogen-bond donors (Lipinski definition) is 1. The Hall–Kier alpha value is -3.45. The molecule has 0 bridgehead atoms. The average molecular weight is 448 g/mol. The number of aromatic nitrogens is 2. The van der Waals surface area contributed by atoms with E-state index in [0.717, 1.165) is 27.7 Å². The van der Waals surface area contributed by atoms with Gasteiger partial charge in [-0.2, -0.15) is 0 Å². The highest BCUT2D eigenvalue weighted by Gasteiger charge is 2.19. The van der Waals surface area contributed by atoms with Crippen molar-refractivity contribution in [2.24, 2.45) is 7.05 Å². The maximum atomic E-state index is 12.4. The Balaban J connectivity index is 1.79. The Morgan fingerprint density at radius 2 is 1.78 bits per heavy atom. The van der Waals surface area contributed by atoms with E-state index in [0.29, 0.717) is 12.1 Å². The minimum absolute atomic E-state index is 0.0804. The molecule has 2 aromatic carbocycles. The zero-order chi connectivity index (χ0) is 22.9. The van der Waals surface area contributed by atoms with Gasteiger partial charge in [-0.3, -0.25) is 4.79 Å². The van der Waals surface area contributed by atoms with E-state index in [-0.39, 0.29) is 11.4 Å². The lowest BCUT2D eigenvalue weighted by molar-refractivity contribution is 0.0976. The summed E-state index contributed by atoms with van der Waals surface area (Å²) in [5, 5.41) is 1.13. The summed E-state index contributed by atoms with van der Waals surface area (Å²) in [6.07, 6.45) is 0.506. The van der Waals surface area contributed by atoms with Crippen LogP contribution in [0, 0.1) is 6.92 Å². The van der Waals surface area contributed by atoms with E-state index >= 15 is 0 Å². The second-order valence-electron chi connectivity index (χ2n) is 7.80. The average Bonchev–Trinajstić information content (AvgIpc) is 3.05. The molecule has 0 saturated carbocycles. The van der Waals surface area contributed by atoms with Crippen LogP contribution in [0.1, 0.15) is 34.2 Å². The van der Waals surface area contributed by atoms with Gasteiger partial charge in [-0.05, 0) is 48.7 Å². The van der Waals surface area contributed by atoms with Gasteiger partial charge < -0.3 is 4.57 Å². The van der Waals surface area contributed by atoms with E-state index in [1.165, 1.54) is 18.6 Å². The van der Waals surface area contributed by atoms with Gasteiger partial charge in [-0.25, -0.2) is 18.1 Å². The predicted octanol–water partition coefficient (Wildman–Crippen LogP) is 4.22. The summed E-state index contributed by atoms with van der Waals surface area (Å²) < 4.78 is 27.8. The Morgan fingerprint density at radius 3 is 2.50 bits per heavy atom. The van der Waals surface area contributed by atoms with Crippen LogP contribution in [-0.4, -0.2) is 29.6 Å². The molecule has 0 fully saturated rings. The van der Waals surface area contributed by atoms with Crippen molar-refractivity contribution in [2.75, 3.05) is 5.75 Å². The third-order valence-corrected chi connectivity index (χ3v) is 6.79. The second-order valence-corrected chi connectivity index (χ2v) is 9.81. The molecule has 2 aromatic heterocycles. The van der Waals surface area contributed by atoms with Crippen LogP contribution < -0.4 is 4.72 Å². The van der Waals surface area contributed by atoms with Gasteiger partial charge in [0, 0.05) is 30.1 Å². The fraction of sp³-hybridized carbons (Fsp3) is 0.200. The number of sulfonamides is 1. The minimum atomic E-state index is -3.65. The number of carbonyl (C=O) groups is 1. The van der Waals surface area contributed by atoms with Crippen molar-refractivity contribution in [1.82, 2.24) is 14.3 Å². The number of nitrogens with zero attached hydrogens (tertiary/aromatic N) is 2. The molecule has 0 aliphatic carbocycles. The van der Waals surface area contributed by atoms with Crippen molar-refractivity contribution in [2.45, 2.75) is 20.3 Å². The number of carbonyl (C=O) groups excluding carboxylic acids is 1. The molecule has 0 unspecified atom stereocenters. The fourth-order valence-corrected chi connectivity index (χ4v) is 4.45. The van der Waals surface area contributed by atoms with Crippen molar-refractivity contribution in [3.8, 4) is 11.3 Å². The van der Waals surface area contributed by atoms with E-state index in [9.17, 15) is 13.2 Å². The maximum absolute atomic E-state index is 12.4. The highest BCUT2D eigenvalue weighted by Crippen LogP contribution is 2.34. The van der Waals surface area contributed by atoms with Gasteiger partial charge in [0.2, 0.25) is 10.0 Å². The molecule has 0 atom stereocenters. The third kappa shape index (κ3) is 4.29. The normalized spacial score (nSPS) is 11.6. The molecule has 1 amide bonds. The third-order valence-electron chi connectivity index (χ3n) is 5.53. The first-order valence-corrected chi connectivity index (χ1v) is 12.1. The number of amides is 1. The molecule has 1 N–H and O–H groups in total. The summed E-state index contributed by atoms with van der Waals surface area (Å²) in [5.74, 6) is -0.889. The molecule has 0 spiro atoms. The zero-order valence-corrected chi connectivity index (χ0v) is 19.1. The van der Waals surface area contributed by atoms with E-state index < -0.39 is 15.9 Å². The lowest BCUT2D eigenvalue weighted by atomic mass is 10.00. The number of aryl methyl sites for hydroxylation is 2. The zero-order valence-electron chi connectivity index (χ0n) is 18.3. The van der Waals surface area contributed by atoms with Crippen molar-refractivity contribution in [1.29, 1.82) is 0 Å². The molecule has 0 aliphatic rings. The maximum Gasteiger partial charge on any atom is 0.283 e. The first-order valence-electron chi connectivity index (χ1n) is 10.4. The van der Waals surface area contributed by atoms with Gasteiger partial charge in [-0.15, -0.1) is 0 Å². The number of fused-ring (bicyclic) bond motifs is 1. The highest BCUT2D eigenvalue weighted by molar-refractivity contribution is 7.90. The molecule has 4 aromatic rings. The first-order chi connectivity index (χ1) is 15.3. The number of benzene rings is 2. The molecule has 0 aliphatic heterocycles. The summed E-state index contributed by atoms with van der Waals surface area (Å²) in [6, 6.07) is 21.7. The summed E-state index contributed by atoms with van der Waals surface area (Å²) in [5.41, 5.74) is 6.38. The van der Waals surface area contributed by atoms with E-state index in [4.69, 9.17) is 0 Å². The van der Waals surface area contributed by atoms with Crippen molar-refractivity contribution >= 4 is 26.8 Å². The quantitative estimate of drug-likeness (QED) is 0.480. The largest absolute Gasteiger partial charge is 0.343 e. The highest BCUT2D eigenvalue weighted by atomic mass is 32.2. The Morgan fingerprint density at radius 1 is 1.03 bits per heavy atom. The molecule has 2 heterocycles. The van der Waals surface area contributed by atoms with Crippen molar-refractivity contribution in [3.05, 3.63) is 89.2 Å². The van der Waals surface area contributed by atoms with E-state index in [2.05, 4.69) is 58.6 Å². The predicted molar refractivity (Wildman–Crippen MR) is 127 cm³/mol. The van der Waals surface area contributed by atoms with Gasteiger partial charge in [-0.1, -0.05) is 48.5 Å². The van der Waals surface area contributed by atoms with Gasteiger partial charge >= 0.3 is 0 Å². The molecule has 7 heteroatoms. The lowest BCUT2D eigenvalue weighted by Gasteiger charge is -2.10. The van der Waals surface area contributed by atoms with Crippen LogP contribution in [0.4, 0.5) is 0 Å². The number of nitrogens with one attached hydrogen (secondary N) is 1. The smallest absolute Gasteiger partial charge is 0.283 e. The van der Waals surface area contributed by atoms with Gasteiger partial charge in [0.15, 0.2) is 0 Å². The van der Waals surface area contributed by atoms with Crippen LogP contribution in [0.15, 0.2) is 66.7 Å². The van der Waals surface area contributed by atoms with Gasteiger partial charge in [0.25, 0.3) is 5.91 Å². The van der Waals surface area contributed by atoms with E-state index in [1.807, 2.05) is 24.3 Å². The lowest BCUT2D eigenvalue weighted by Crippen LogP contribution is -2.32. The number of hydrogen-bond acceptors (Lipinski definition) is 4. The van der Waals surface area contributed by atoms with Crippen molar-refractivity contribution in [3.63, 3.8) is 0 Å². The summed E-state index contributed by atoms with van der Waals surface area (Å²) in [4.78, 5) is 16.9. The van der Waals surface area contributed by atoms with Crippen LogP contribution in [0.3, 0.4) is 0 Å². The number of pyridine rings is 1.